The molecule has 0 saturated carbocycles. The highest BCUT2D eigenvalue weighted by atomic mass is 16.5. The number of hydrogen-bond acceptors (Lipinski definition) is 6. The van der Waals surface area contributed by atoms with Gasteiger partial charge in [-0.05, 0) is 60.2 Å². The van der Waals surface area contributed by atoms with Crippen LogP contribution in [-0.4, -0.2) is 53.0 Å². The van der Waals surface area contributed by atoms with Crippen LogP contribution >= 0.6 is 0 Å². The van der Waals surface area contributed by atoms with Crippen molar-refractivity contribution >= 4 is 28.9 Å². The molecule has 0 aliphatic carbocycles. The van der Waals surface area contributed by atoms with Crippen molar-refractivity contribution in [1.29, 1.82) is 0 Å². The standard InChI is InChI=1S/C28H27N5O4/c34-26-6-1-3-20(15-26)16-27(35)30-23-18-29-33(19-23)25-5-2-4-21(17-25)28(36)31-22-7-9-24(10-8-22)32-11-13-37-14-12-32/h1-10,15,17-19,34H,11-14,16H2,(H,30,35)(H,31,36). The third-order valence-corrected chi connectivity index (χ3v) is 6.02. The van der Waals surface area contributed by atoms with E-state index in [4.69, 9.17) is 4.74 Å². The molecule has 1 aliphatic heterocycles. The van der Waals surface area contributed by atoms with Crippen molar-refractivity contribution in [3.63, 3.8) is 0 Å². The van der Waals surface area contributed by atoms with E-state index < -0.39 is 0 Å². The van der Waals surface area contributed by atoms with Gasteiger partial charge in [0.25, 0.3) is 5.91 Å². The van der Waals surface area contributed by atoms with Gasteiger partial charge in [-0.1, -0.05) is 18.2 Å². The quantitative estimate of drug-likeness (QED) is 0.358. The van der Waals surface area contributed by atoms with Gasteiger partial charge in [-0.3, -0.25) is 9.59 Å². The number of amides is 2. The Morgan fingerprint density at radius 3 is 2.46 bits per heavy atom. The zero-order valence-corrected chi connectivity index (χ0v) is 20.1. The molecule has 1 aromatic heterocycles. The Balaban J connectivity index is 1.21. The molecule has 2 amide bonds. The van der Waals surface area contributed by atoms with Crippen LogP contribution in [-0.2, 0) is 16.0 Å². The van der Waals surface area contributed by atoms with Crippen molar-refractivity contribution < 1.29 is 19.4 Å². The minimum absolute atomic E-state index is 0.118. The SMILES string of the molecule is O=C(Cc1cccc(O)c1)Nc1cnn(-c2cccc(C(=O)Nc3ccc(N4CCOCC4)cc3)c2)c1. The number of aromatic hydroxyl groups is 1. The average molecular weight is 498 g/mol. The van der Waals surface area contributed by atoms with Gasteiger partial charge < -0.3 is 25.4 Å². The molecule has 1 saturated heterocycles. The summed E-state index contributed by atoms with van der Waals surface area (Å²) in [6.07, 6.45) is 3.35. The maximum absolute atomic E-state index is 12.9. The summed E-state index contributed by atoms with van der Waals surface area (Å²) in [6, 6.07) is 21.5. The number of phenolic OH excluding ortho intramolecular Hbond substituents is 1. The molecule has 0 unspecified atom stereocenters. The van der Waals surface area contributed by atoms with Crippen LogP contribution in [0.2, 0.25) is 0 Å². The molecule has 3 aromatic carbocycles. The summed E-state index contributed by atoms with van der Waals surface area (Å²) in [6.45, 7) is 3.15. The van der Waals surface area contributed by atoms with Crippen LogP contribution < -0.4 is 15.5 Å². The van der Waals surface area contributed by atoms with Crippen molar-refractivity contribution in [2.75, 3.05) is 41.8 Å². The van der Waals surface area contributed by atoms with E-state index in [9.17, 15) is 14.7 Å². The summed E-state index contributed by atoms with van der Waals surface area (Å²) in [5.74, 6) is -0.335. The molecule has 2 heterocycles. The summed E-state index contributed by atoms with van der Waals surface area (Å²) < 4.78 is 7.00. The Kier molecular flexibility index (Phi) is 7.14. The highest BCUT2D eigenvalue weighted by molar-refractivity contribution is 6.04. The Morgan fingerprint density at radius 1 is 0.892 bits per heavy atom. The van der Waals surface area contributed by atoms with Crippen LogP contribution in [0.3, 0.4) is 0 Å². The second-order valence-corrected chi connectivity index (χ2v) is 8.72. The molecule has 0 radical (unpaired) electrons. The molecule has 9 nitrogen and oxygen atoms in total. The molecule has 1 fully saturated rings. The minimum Gasteiger partial charge on any atom is -0.508 e. The Labute approximate surface area is 214 Å². The Bertz CT molecular complexity index is 1390. The highest BCUT2D eigenvalue weighted by Gasteiger charge is 2.13. The van der Waals surface area contributed by atoms with E-state index in [1.54, 1.807) is 59.5 Å². The van der Waals surface area contributed by atoms with Gasteiger partial charge in [0.2, 0.25) is 5.91 Å². The van der Waals surface area contributed by atoms with Crippen LogP contribution in [0.1, 0.15) is 15.9 Å². The van der Waals surface area contributed by atoms with Crippen molar-refractivity contribution in [2.45, 2.75) is 6.42 Å². The fourth-order valence-corrected chi connectivity index (χ4v) is 4.16. The summed E-state index contributed by atoms with van der Waals surface area (Å²) in [5.41, 5.74) is 4.22. The average Bonchev–Trinajstić information content (AvgIpc) is 3.38. The molecular weight excluding hydrogens is 470 g/mol. The highest BCUT2D eigenvalue weighted by Crippen LogP contribution is 2.20. The molecule has 37 heavy (non-hydrogen) atoms. The Hall–Kier alpha value is -4.63. The molecule has 4 aromatic rings. The third-order valence-electron chi connectivity index (χ3n) is 6.02. The molecule has 188 valence electrons. The normalized spacial score (nSPS) is 13.2. The number of benzene rings is 3. The predicted molar refractivity (Wildman–Crippen MR) is 141 cm³/mol. The number of carbonyl (C=O) groups is 2. The van der Waals surface area contributed by atoms with E-state index >= 15 is 0 Å². The molecular formula is C28H27N5O4. The number of rotatable bonds is 7. The van der Waals surface area contributed by atoms with Gasteiger partial charge in [0.05, 0.1) is 43.4 Å². The van der Waals surface area contributed by atoms with E-state index in [1.165, 1.54) is 0 Å². The fourth-order valence-electron chi connectivity index (χ4n) is 4.16. The van der Waals surface area contributed by atoms with Gasteiger partial charge in [-0.2, -0.15) is 5.10 Å². The monoisotopic (exact) mass is 497 g/mol. The molecule has 0 spiro atoms. The lowest BCUT2D eigenvalue weighted by atomic mass is 10.1. The van der Waals surface area contributed by atoms with E-state index in [1.807, 2.05) is 30.3 Å². The predicted octanol–water partition coefficient (Wildman–Crippen LogP) is 3.85. The second-order valence-electron chi connectivity index (χ2n) is 8.72. The molecule has 5 rings (SSSR count). The molecule has 9 heteroatoms. The number of aromatic nitrogens is 2. The second kappa shape index (κ2) is 11.0. The number of nitrogens with zero attached hydrogens (tertiary/aromatic N) is 3. The number of phenols is 1. The zero-order valence-electron chi connectivity index (χ0n) is 20.1. The number of nitrogens with one attached hydrogen (secondary N) is 2. The molecule has 1 aliphatic rings. The summed E-state index contributed by atoms with van der Waals surface area (Å²) in [4.78, 5) is 27.5. The van der Waals surface area contributed by atoms with Gasteiger partial charge in [0.15, 0.2) is 0 Å². The number of ether oxygens (including phenoxy) is 1. The largest absolute Gasteiger partial charge is 0.508 e. The van der Waals surface area contributed by atoms with Gasteiger partial charge in [0, 0.05) is 30.0 Å². The lowest BCUT2D eigenvalue weighted by Crippen LogP contribution is -2.36. The molecule has 3 N–H and O–H groups in total. The first kappa shape index (κ1) is 24.1. The summed E-state index contributed by atoms with van der Waals surface area (Å²) in [7, 11) is 0. The number of anilines is 3. The Morgan fingerprint density at radius 2 is 1.68 bits per heavy atom. The summed E-state index contributed by atoms with van der Waals surface area (Å²) >= 11 is 0. The van der Waals surface area contributed by atoms with Gasteiger partial charge >= 0.3 is 0 Å². The lowest BCUT2D eigenvalue weighted by Gasteiger charge is -2.28. The fraction of sp³-hybridized carbons (Fsp3) is 0.179. The first-order valence-electron chi connectivity index (χ1n) is 12.0. The molecule has 0 bridgehead atoms. The van der Waals surface area contributed by atoms with Crippen molar-refractivity contribution in [3.8, 4) is 11.4 Å². The topological polar surface area (TPSA) is 109 Å². The van der Waals surface area contributed by atoms with E-state index in [2.05, 4.69) is 20.6 Å². The first-order valence-corrected chi connectivity index (χ1v) is 12.0. The van der Waals surface area contributed by atoms with Crippen molar-refractivity contribution in [3.05, 3.63) is 96.3 Å². The van der Waals surface area contributed by atoms with Crippen LogP contribution in [0.4, 0.5) is 17.1 Å². The van der Waals surface area contributed by atoms with E-state index in [0.29, 0.717) is 28.2 Å². The smallest absolute Gasteiger partial charge is 0.255 e. The summed E-state index contributed by atoms with van der Waals surface area (Å²) in [5, 5.41) is 19.6. The van der Waals surface area contributed by atoms with Crippen LogP contribution in [0.5, 0.6) is 5.75 Å². The number of hydrogen-bond donors (Lipinski definition) is 3. The third kappa shape index (κ3) is 6.14. The lowest BCUT2D eigenvalue weighted by molar-refractivity contribution is -0.115. The van der Waals surface area contributed by atoms with E-state index in [-0.39, 0.29) is 24.0 Å². The van der Waals surface area contributed by atoms with Crippen LogP contribution in [0.15, 0.2) is 85.2 Å². The van der Waals surface area contributed by atoms with Crippen LogP contribution in [0, 0.1) is 0 Å². The molecule has 0 atom stereocenters. The number of morpholine rings is 1. The first-order chi connectivity index (χ1) is 18.0. The van der Waals surface area contributed by atoms with E-state index in [0.717, 1.165) is 32.0 Å². The van der Waals surface area contributed by atoms with Crippen molar-refractivity contribution in [1.82, 2.24) is 9.78 Å². The minimum atomic E-state index is -0.229. The maximum atomic E-state index is 12.9. The van der Waals surface area contributed by atoms with Gasteiger partial charge in [-0.25, -0.2) is 4.68 Å². The maximum Gasteiger partial charge on any atom is 0.255 e. The zero-order chi connectivity index (χ0) is 25.6. The van der Waals surface area contributed by atoms with Crippen LogP contribution in [0.25, 0.3) is 5.69 Å². The number of carbonyl (C=O) groups excluding carboxylic acids is 2. The van der Waals surface area contributed by atoms with Gasteiger partial charge in [-0.15, -0.1) is 0 Å². The van der Waals surface area contributed by atoms with Crippen molar-refractivity contribution in [2.24, 2.45) is 0 Å². The van der Waals surface area contributed by atoms with Gasteiger partial charge in [0.1, 0.15) is 5.75 Å².